The van der Waals surface area contributed by atoms with Gasteiger partial charge in [-0.15, -0.1) is 0 Å². The van der Waals surface area contributed by atoms with Gasteiger partial charge in [0.1, 0.15) is 12.4 Å². The predicted octanol–water partition coefficient (Wildman–Crippen LogP) is 3.09. The molecule has 0 saturated heterocycles. The number of rotatable bonds is 5. The number of esters is 1. The van der Waals surface area contributed by atoms with Crippen molar-refractivity contribution in [2.45, 2.75) is 11.5 Å². The van der Waals surface area contributed by atoms with Gasteiger partial charge in [-0.05, 0) is 35.9 Å². The Morgan fingerprint density at radius 1 is 1.17 bits per heavy atom. The van der Waals surface area contributed by atoms with Crippen LogP contribution in [0.25, 0.3) is 0 Å². The molecule has 0 radical (unpaired) electrons. The van der Waals surface area contributed by atoms with Crippen LogP contribution in [-0.4, -0.2) is 32.8 Å². The van der Waals surface area contributed by atoms with Gasteiger partial charge in [-0.1, -0.05) is 23.7 Å². The van der Waals surface area contributed by atoms with Gasteiger partial charge in [-0.2, -0.15) is 0 Å². The minimum atomic E-state index is -3.70. The number of nitrogens with zero attached hydrogens (tertiary/aromatic N) is 1. The molecule has 0 heterocycles. The van der Waals surface area contributed by atoms with E-state index in [0.29, 0.717) is 5.56 Å². The van der Waals surface area contributed by atoms with Crippen molar-refractivity contribution in [3.8, 4) is 0 Å². The molecule has 0 atom stereocenters. The second kappa shape index (κ2) is 7.29. The van der Waals surface area contributed by atoms with Crippen LogP contribution < -0.4 is 0 Å². The molecule has 0 fully saturated rings. The van der Waals surface area contributed by atoms with Gasteiger partial charge in [-0.25, -0.2) is 21.9 Å². The summed E-state index contributed by atoms with van der Waals surface area (Å²) in [6.45, 7) is -0.0832. The lowest BCUT2D eigenvalue weighted by molar-refractivity contribution is 0.0472. The quantitative estimate of drug-likeness (QED) is 0.758. The van der Waals surface area contributed by atoms with Crippen molar-refractivity contribution >= 4 is 27.6 Å². The third-order valence-electron chi connectivity index (χ3n) is 3.22. The summed E-state index contributed by atoms with van der Waals surface area (Å²) < 4.78 is 43.2. The summed E-state index contributed by atoms with van der Waals surface area (Å²) in [6.07, 6.45) is 0. The third-order valence-corrected chi connectivity index (χ3v) is 5.36. The van der Waals surface area contributed by atoms with Gasteiger partial charge in [0, 0.05) is 14.1 Å². The number of carbonyl (C=O) groups is 1. The predicted molar refractivity (Wildman–Crippen MR) is 87.8 cm³/mol. The van der Waals surface area contributed by atoms with Crippen LogP contribution in [0, 0.1) is 5.82 Å². The summed E-state index contributed by atoms with van der Waals surface area (Å²) in [5.74, 6) is -1.16. The lowest BCUT2D eigenvalue weighted by atomic mass is 10.2. The molecule has 0 spiro atoms. The van der Waals surface area contributed by atoms with E-state index in [2.05, 4.69) is 0 Å². The maximum Gasteiger partial charge on any atom is 0.340 e. The maximum absolute atomic E-state index is 12.8. The highest BCUT2D eigenvalue weighted by Gasteiger charge is 2.21. The van der Waals surface area contributed by atoms with E-state index in [-0.39, 0.29) is 22.1 Å². The summed E-state index contributed by atoms with van der Waals surface area (Å²) >= 11 is 5.96. The van der Waals surface area contributed by atoms with Gasteiger partial charge in [0.25, 0.3) is 0 Å². The Morgan fingerprint density at radius 3 is 2.38 bits per heavy atom. The minimum Gasteiger partial charge on any atom is -0.457 e. The Morgan fingerprint density at radius 2 is 1.79 bits per heavy atom. The van der Waals surface area contributed by atoms with Crippen molar-refractivity contribution in [3.05, 3.63) is 64.4 Å². The zero-order valence-corrected chi connectivity index (χ0v) is 14.6. The van der Waals surface area contributed by atoms with Crippen molar-refractivity contribution in [3.63, 3.8) is 0 Å². The van der Waals surface area contributed by atoms with Gasteiger partial charge < -0.3 is 4.74 Å². The first-order valence-corrected chi connectivity index (χ1v) is 8.67. The van der Waals surface area contributed by atoms with Crippen molar-refractivity contribution in [1.82, 2.24) is 4.31 Å². The molecule has 0 N–H and O–H groups in total. The maximum atomic E-state index is 12.8. The second-order valence-corrected chi connectivity index (χ2v) is 7.69. The Bertz CT molecular complexity index is 851. The molecular formula is C16H15ClFNO4S. The molecule has 0 aliphatic heterocycles. The Labute approximate surface area is 144 Å². The largest absolute Gasteiger partial charge is 0.457 e. The summed E-state index contributed by atoms with van der Waals surface area (Å²) in [5.41, 5.74) is 0.541. The number of sulfonamides is 1. The smallest absolute Gasteiger partial charge is 0.340 e. The van der Waals surface area contributed by atoms with Gasteiger partial charge in [-0.3, -0.25) is 0 Å². The fourth-order valence-corrected chi connectivity index (χ4v) is 2.96. The first-order valence-electron chi connectivity index (χ1n) is 6.85. The van der Waals surface area contributed by atoms with Crippen molar-refractivity contribution in [1.29, 1.82) is 0 Å². The Hall–Kier alpha value is -1.96. The Balaban J connectivity index is 2.21. The van der Waals surface area contributed by atoms with Gasteiger partial charge in [0.15, 0.2) is 0 Å². The number of hydrogen-bond acceptors (Lipinski definition) is 4. The summed E-state index contributed by atoms with van der Waals surface area (Å²) in [7, 11) is -0.926. The van der Waals surface area contributed by atoms with E-state index in [0.717, 1.165) is 4.31 Å². The lowest BCUT2D eigenvalue weighted by Gasteiger charge is -2.13. The number of carbonyl (C=O) groups excluding carboxylic acids is 1. The van der Waals surface area contributed by atoms with Crippen LogP contribution in [0.1, 0.15) is 15.9 Å². The van der Waals surface area contributed by atoms with E-state index in [1.54, 1.807) is 0 Å². The van der Waals surface area contributed by atoms with E-state index in [9.17, 15) is 17.6 Å². The molecule has 0 aromatic heterocycles. The SMILES string of the molecule is CN(C)S(=O)(=O)c1ccc(Cl)c(C(=O)OCc2ccc(F)cc2)c1. The van der Waals surface area contributed by atoms with Crippen molar-refractivity contribution in [2.75, 3.05) is 14.1 Å². The topological polar surface area (TPSA) is 63.7 Å². The molecule has 0 amide bonds. The fraction of sp³-hybridized carbons (Fsp3) is 0.188. The minimum absolute atomic E-state index is 0.0540. The van der Waals surface area contributed by atoms with E-state index in [1.807, 2.05) is 0 Å². The molecule has 0 bridgehead atoms. The monoisotopic (exact) mass is 371 g/mol. The van der Waals surface area contributed by atoms with Crippen LogP contribution in [0.5, 0.6) is 0 Å². The second-order valence-electron chi connectivity index (χ2n) is 5.13. The van der Waals surface area contributed by atoms with Gasteiger partial charge >= 0.3 is 5.97 Å². The zero-order chi connectivity index (χ0) is 17.9. The van der Waals surface area contributed by atoms with Crippen LogP contribution in [0.3, 0.4) is 0 Å². The Kier molecular flexibility index (Phi) is 5.58. The first kappa shape index (κ1) is 18.4. The average molecular weight is 372 g/mol. The third kappa shape index (κ3) is 4.11. The molecule has 128 valence electrons. The molecule has 0 saturated carbocycles. The number of ether oxygens (including phenoxy) is 1. The highest BCUT2D eigenvalue weighted by molar-refractivity contribution is 7.89. The highest BCUT2D eigenvalue weighted by atomic mass is 35.5. The molecule has 2 aromatic carbocycles. The van der Waals surface area contributed by atoms with Crippen molar-refractivity contribution in [2.24, 2.45) is 0 Å². The fourth-order valence-electron chi connectivity index (χ4n) is 1.84. The lowest BCUT2D eigenvalue weighted by Crippen LogP contribution is -2.22. The van der Waals surface area contributed by atoms with Crippen LogP contribution in [0.2, 0.25) is 5.02 Å². The summed E-state index contributed by atoms with van der Waals surface area (Å²) in [4.78, 5) is 12.1. The number of benzene rings is 2. The summed E-state index contributed by atoms with van der Waals surface area (Å²) in [6, 6.07) is 9.28. The zero-order valence-electron chi connectivity index (χ0n) is 13.0. The molecule has 0 aliphatic rings. The van der Waals surface area contributed by atoms with Crippen molar-refractivity contribution < 1.29 is 22.3 Å². The van der Waals surface area contributed by atoms with E-state index in [1.165, 1.54) is 56.6 Å². The van der Waals surface area contributed by atoms with Crippen LogP contribution >= 0.6 is 11.6 Å². The normalized spacial score (nSPS) is 11.5. The number of hydrogen-bond donors (Lipinski definition) is 0. The molecule has 8 heteroatoms. The number of halogens is 2. The van der Waals surface area contributed by atoms with Crippen LogP contribution in [-0.2, 0) is 21.4 Å². The molecular weight excluding hydrogens is 357 g/mol. The van der Waals surface area contributed by atoms with E-state index >= 15 is 0 Å². The summed E-state index contributed by atoms with van der Waals surface area (Å²) in [5, 5.41) is 0.0804. The van der Waals surface area contributed by atoms with E-state index < -0.39 is 21.8 Å². The molecule has 5 nitrogen and oxygen atoms in total. The van der Waals surface area contributed by atoms with E-state index in [4.69, 9.17) is 16.3 Å². The van der Waals surface area contributed by atoms with Gasteiger partial charge in [0.05, 0.1) is 15.5 Å². The first-order chi connectivity index (χ1) is 11.2. The average Bonchev–Trinajstić information content (AvgIpc) is 2.54. The van der Waals surface area contributed by atoms with Crippen LogP contribution in [0.4, 0.5) is 4.39 Å². The van der Waals surface area contributed by atoms with Crippen LogP contribution in [0.15, 0.2) is 47.4 Å². The molecule has 2 aromatic rings. The standard InChI is InChI=1S/C16H15ClFNO4S/c1-19(2)24(21,22)13-7-8-15(17)14(9-13)16(20)23-10-11-3-5-12(18)6-4-11/h3-9H,10H2,1-2H3. The highest BCUT2D eigenvalue weighted by Crippen LogP contribution is 2.23. The molecule has 0 aliphatic carbocycles. The molecule has 2 rings (SSSR count). The molecule has 24 heavy (non-hydrogen) atoms. The molecule has 0 unspecified atom stereocenters. The van der Waals surface area contributed by atoms with Gasteiger partial charge in [0.2, 0.25) is 10.0 Å².